The minimum absolute atomic E-state index is 0.563. The number of nitrogens with zero attached hydrogens (tertiary/aromatic N) is 2. The van der Waals surface area contributed by atoms with Crippen molar-refractivity contribution in [3.05, 3.63) is 46.1 Å². The van der Waals surface area contributed by atoms with Gasteiger partial charge < -0.3 is 5.32 Å². The lowest BCUT2D eigenvalue weighted by atomic mass is 10.2. The first-order valence-electron chi connectivity index (χ1n) is 5.24. The molecular weight excluding hydrogens is 289 g/mol. The number of hydrogen-bond acceptors (Lipinski definition) is 4. The molecule has 0 atom stereocenters. The van der Waals surface area contributed by atoms with E-state index >= 15 is 0 Å². The highest BCUT2D eigenvalue weighted by Gasteiger charge is 2.03. The number of thioether (sulfide) groups is 1. The van der Waals surface area contributed by atoms with Crippen LogP contribution in [0.5, 0.6) is 0 Å². The summed E-state index contributed by atoms with van der Waals surface area (Å²) in [6, 6.07) is 7.28. The molecular formula is C12H11Cl2N3S. The second-order valence-corrected chi connectivity index (χ2v) is 5.18. The molecule has 1 heterocycles. The molecule has 1 N–H and O–H groups in total. The number of aromatic nitrogens is 2. The normalized spacial score (nSPS) is 10.4. The van der Waals surface area contributed by atoms with E-state index in [9.17, 15) is 0 Å². The molecule has 0 bridgehead atoms. The van der Waals surface area contributed by atoms with Gasteiger partial charge in [0, 0.05) is 22.8 Å². The first-order chi connectivity index (χ1) is 8.69. The van der Waals surface area contributed by atoms with Gasteiger partial charge in [-0.2, -0.15) is 0 Å². The van der Waals surface area contributed by atoms with E-state index in [2.05, 4.69) is 15.3 Å². The molecule has 6 heteroatoms. The molecule has 0 spiro atoms. The van der Waals surface area contributed by atoms with E-state index < -0.39 is 0 Å². The van der Waals surface area contributed by atoms with Gasteiger partial charge in [0.2, 0.25) is 5.95 Å². The number of benzene rings is 1. The summed E-state index contributed by atoms with van der Waals surface area (Å²) in [5.74, 6) is 0.591. The van der Waals surface area contributed by atoms with Gasteiger partial charge in [0.1, 0.15) is 5.03 Å². The highest BCUT2D eigenvalue weighted by Crippen LogP contribution is 2.21. The van der Waals surface area contributed by atoms with Gasteiger partial charge in [0.25, 0.3) is 0 Å². The maximum atomic E-state index is 6.08. The number of hydrogen-bond donors (Lipinski definition) is 1. The predicted octanol–water partition coefficient (Wildman–Crippen LogP) is 4.12. The third-order valence-corrected chi connectivity index (χ3v) is 3.52. The zero-order valence-corrected chi connectivity index (χ0v) is 12.0. The summed E-state index contributed by atoms with van der Waals surface area (Å²) in [5, 5.41) is 5.32. The summed E-state index contributed by atoms with van der Waals surface area (Å²) < 4.78 is 0. The van der Waals surface area contributed by atoms with E-state index in [1.165, 1.54) is 0 Å². The summed E-state index contributed by atoms with van der Waals surface area (Å²) in [6.45, 7) is 0.563. The fraction of sp³-hybridized carbons (Fsp3) is 0.167. The Bertz CT molecular complexity index is 549. The first kappa shape index (κ1) is 13.5. The summed E-state index contributed by atoms with van der Waals surface area (Å²) in [4.78, 5) is 8.47. The van der Waals surface area contributed by atoms with Crippen LogP contribution in [0.2, 0.25) is 10.0 Å². The van der Waals surface area contributed by atoms with Crippen LogP contribution in [0.25, 0.3) is 0 Å². The van der Waals surface area contributed by atoms with Crippen LogP contribution >= 0.6 is 35.0 Å². The zero-order valence-electron chi connectivity index (χ0n) is 9.65. The predicted molar refractivity (Wildman–Crippen MR) is 77.6 cm³/mol. The highest BCUT2D eigenvalue weighted by atomic mass is 35.5. The average Bonchev–Trinajstić information content (AvgIpc) is 2.38. The number of anilines is 1. The molecule has 0 saturated heterocycles. The van der Waals surface area contributed by atoms with Crippen LogP contribution in [-0.2, 0) is 6.54 Å². The third kappa shape index (κ3) is 3.51. The van der Waals surface area contributed by atoms with Crippen molar-refractivity contribution in [1.82, 2.24) is 9.97 Å². The molecule has 0 unspecified atom stereocenters. The van der Waals surface area contributed by atoms with E-state index in [-0.39, 0.29) is 0 Å². The molecule has 0 fully saturated rings. The average molecular weight is 300 g/mol. The van der Waals surface area contributed by atoms with Gasteiger partial charge >= 0.3 is 0 Å². The SMILES string of the molecule is CSc1ccnc(NCc2ccc(Cl)cc2Cl)n1. The monoisotopic (exact) mass is 299 g/mol. The van der Waals surface area contributed by atoms with Crippen LogP contribution in [0.3, 0.4) is 0 Å². The third-order valence-electron chi connectivity index (χ3n) is 2.29. The van der Waals surface area contributed by atoms with Crippen molar-refractivity contribution in [2.75, 3.05) is 11.6 Å². The van der Waals surface area contributed by atoms with Crippen molar-refractivity contribution in [3.8, 4) is 0 Å². The Morgan fingerprint density at radius 3 is 2.83 bits per heavy atom. The van der Waals surface area contributed by atoms with Crippen LogP contribution in [0.1, 0.15) is 5.56 Å². The van der Waals surface area contributed by atoms with Gasteiger partial charge in [-0.15, -0.1) is 11.8 Å². The Hall–Kier alpha value is -0.970. The summed E-state index contributed by atoms with van der Waals surface area (Å²) >= 11 is 13.5. The Morgan fingerprint density at radius 1 is 1.28 bits per heavy atom. The summed E-state index contributed by atoms with van der Waals surface area (Å²) in [7, 11) is 0. The van der Waals surface area contributed by atoms with Crippen molar-refractivity contribution in [3.63, 3.8) is 0 Å². The molecule has 0 saturated carbocycles. The van der Waals surface area contributed by atoms with E-state index in [0.29, 0.717) is 22.5 Å². The van der Waals surface area contributed by atoms with Crippen molar-refractivity contribution in [1.29, 1.82) is 0 Å². The maximum Gasteiger partial charge on any atom is 0.223 e. The fourth-order valence-electron chi connectivity index (χ4n) is 1.38. The molecule has 2 rings (SSSR count). The van der Waals surface area contributed by atoms with E-state index in [4.69, 9.17) is 23.2 Å². The van der Waals surface area contributed by atoms with E-state index in [0.717, 1.165) is 10.6 Å². The molecule has 3 nitrogen and oxygen atoms in total. The van der Waals surface area contributed by atoms with E-state index in [1.54, 1.807) is 24.0 Å². The fourth-order valence-corrected chi connectivity index (χ4v) is 2.23. The van der Waals surface area contributed by atoms with Gasteiger partial charge in [0.15, 0.2) is 0 Å². The zero-order chi connectivity index (χ0) is 13.0. The molecule has 1 aromatic carbocycles. The number of rotatable bonds is 4. The molecule has 2 aromatic rings. The molecule has 0 amide bonds. The summed E-state index contributed by atoms with van der Waals surface area (Å²) in [6.07, 6.45) is 3.70. The molecule has 94 valence electrons. The molecule has 0 radical (unpaired) electrons. The highest BCUT2D eigenvalue weighted by molar-refractivity contribution is 7.98. The topological polar surface area (TPSA) is 37.8 Å². The Kier molecular flexibility index (Phi) is 4.69. The van der Waals surface area contributed by atoms with Crippen molar-refractivity contribution >= 4 is 40.9 Å². The molecule has 1 aromatic heterocycles. The van der Waals surface area contributed by atoms with Crippen molar-refractivity contribution in [2.45, 2.75) is 11.6 Å². The van der Waals surface area contributed by atoms with Gasteiger partial charge in [-0.05, 0) is 30.0 Å². The minimum Gasteiger partial charge on any atom is -0.350 e. The van der Waals surface area contributed by atoms with Gasteiger partial charge in [-0.25, -0.2) is 9.97 Å². The minimum atomic E-state index is 0.563. The first-order valence-corrected chi connectivity index (χ1v) is 7.22. The lowest BCUT2D eigenvalue weighted by molar-refractivity contribution is 0.999. The maximum absolute atomic E-state index is 6.08. The lowest BCUT2D eigenvalue weighted by Crippen LogP contribution is -2.04. The standard InChI is InChI=1S/C12H11Cl2N3S/c1-18-11-4-5-15-12(17-11)16-7-8-2-3-9(13)6-10(8)14/h2-6H,7H2,1H3,(H,15,16,17). The lowest BCUT2D eigenvalue weighted by Gasteiger charge is -2.07. The van der Waals surface area contributed by atoms with Crippen molar-refractivity contribution < 1.29 is 0 Å². The van der Waals surface area contributed by atoms with Crippen LogP contribution in [0.4, 0.5) is 5.95 Å². The quantitative estimate of drug-likeness (QED) is 0.681. The molecule has 0 aliphatic heterocycles. The van der Waals surface area contributed by atoms with Gasteiger partial charge in [-0.3, -0.25) is 0 Å². The Morgan fingerprint density at radius 2 is 2.11 bits per heavy atom. The molecule has 0 aliphatic rings. The van der Waals surface area contributed by atoms with Crippen LogP contribution in [0, 0.1) is 0 Å². The van der Waals surface area contributed by atoms with Crippen LogP contribution in [0.15, 0.2) is 35.5 Å². The van der Waals surface area contributed by atoms with Crippen LogP contribution < -0.4 is 5.32 Å². The molecule has 0 aliphatic carbocycles. The molecule has 18 heavy (non-hydrogen) atoms. The summed E-state index contributed by atoms with van der Waals surface area (Å²) in [5.41, 5.74) is 0.958. The van der Waals surface area contributed by atoms with E-state index in [1.807, 2.05) is 24.5 Å². The smallest absolute Gasteiger partial charge is 0.223 e. The van der Waals surface area contributed by atoms with Gasteiger partial charge in [-0.1, -0.05) is 29.3 Å². The second-order valence-electron chi connectivity index (χ2n) is 3.51. The second kappa shape index (κ2) is 6.27. The van der Waals surface area contributed by atoms with Crippen molar-refractivity contribution in [2.24, 2.45) is 0 Å². The van der Waals surface area contributed by atoms with Gasteiger partial charge in [0.05, 0.1) is 0 Å². The Balaban J connectivity index is 2.06. The number of halogens is 2. The van der Waals surface area contributed by atoms with Crippen LogP contribution in [-0.4, -0.2) is 16.2 Å². The largest absolute Gasteiger partial charge is 0.350 e. The Labute approximate surface area is 120 Å². The number of nitrogens with one attached hydrogen (secondary N) is 1.